The van der Waals surface area contributed by atoms with Crippen molar-refractivity contribution in [2.75, 3.05) is 13.2 Å². The minimum Gasteiger partial charge on any atom is -0.569 e. The van der Waals surface area contributed by atoms with Crippen LogP contribution in [-0.4, -0.2) is 65.2 Å². The van der Waals surface area contributed by atoms with E-state index in [1.54, 1.807) is 31.2 Å². The van der Waals surface area contributed by atoms with Gasteiger partial charge in [-0.2, -0.15) is 18.3 Å². The number of halogens is 3. The molecule has 2 aromatic carbocycles. The monoisotopic (exact) mass is 670 g/mol. The lowest BCUT2D eigenvalue weighted by atomic mass is 10.1. The fourth-order valence-corrected chi connectivity index (χ4v) is 4.78. The fraction of sp³-hybridized carbons (Fsp3) is 0.393. The first kappa shape index (κ1) is 35.6. The number of rotatable bonds is 11. The number of nitrogens with zero attached hydrogens (tertiary/aromatic N) is 5. The van der Waals surface area contributed by atoms with Gasteiger partial charge in [-0.05, 0) is 65.0 Å². The van der Waals surface area contributed by atoms with Crippen molar-refractivity contribution >= 4 is 22.1 Å². The lowest BCUT2D eigenvalue weighted by Crippen LogP contribution is -2.51. The van der Waals surface area contributed by atoms with Gasteiger partial charge in [-0.15, -0.1) is 5.01 Å². The highest BCUT2D eigenvalue weighted by molar-refractivity contribution is 7.90. The number of alkyl halides is 3. The van der Waals surface area contributed by atoms with Crippen molar-refractivity contribution < 1.29 is 50.5 Å². The molecule has 0 spiro atoms. The maximum Gasteiger partial charge on any atom is 0.511 e. The maximum absolute atomic E-state index is 13.5. The molecule has 3 aromatic rings. The molecule has 0 bridgehead atoms. The summed E-state index contributed by atoms with van der Waals surface area (Å²) in [7, 11) is -4.49. The molecule has 0 fully saturated rings. The van der Waals surface area contributed by atoms with Gasteiger partial charge in [-0.1, -0.05) is 29.8 Å². The number of hydrogen-bond acceptors (Lipinski definition) is 10. The van der Waals surface area contributed by atoms with Crippen molar-refractivity contribution in [3.8, 4) is 16.9 Å². The van der Waals surface area contributed by atoms with E-state index >= 15 is 0 Å². The number of benzene rings is 2. The molecule has 3 rings (SSSR count). The Kier molecular flexibility index (Phi) is 10.9. The quantitative estimate of drug-likeness (QED) is 0.0953. The van der Waals surface area contributed by atoms with Crippen LogP contribution in [0.15, 0.2) is 64.8 Å². The number of nitrogens with one attached hydrogen (secondary N) is 1. The highest BCUT2D eigenvalue weighted by Crippen LogP contribution is 2.33. The summed E-state index contributed by atoms with van der Waals surface area (Å²) in [5.41, 5.74) is -0.616. The summed E-state index contributed by atoms with van der Waals surface area (Å²) in [5.74, 6) is -1.12. The second-order valence-corrected chi connectivity index (χ2v) is 12.4. The smallest absolute Gasteiger partial charge is 0.511 e. The van der Waals surface area contributed by atoms with Crippen molar-refractivity contribution in [2.24, 2.45) is 5.28 Å². The lowest BCUT2D eigenvalue weighted by molar-refractivity contribution is -0.724. The van der Waals surface area contributed by atoms with Crippen LogP contribution in [0.3, 0.4) is 0 Å². The van der Waals surface area contributed by atoms with Crippen LogP contribution in [-0.2, 0) is 35.3 Å². The molecule has 0 saturated carbocycles. The standard InChI is InChI=1S/C28H33F3N6O8S/c1-7-43-26(39)44-19(3)45-34-37(40)35(27(4,5)6)17-25(38)33-46(41,42)22-14-12-21(13-15-22)36-23(16-24(32-36)28(29,30)31)20-10-8-18(2)9-11-20/h8-16,19H,7,17H2,1-6H3,(H,33,38)/b37-34-. The van der Waals surface area contributed by atoms with E-state index in [-0.39, 0.29) is 27.9 Å². The normalized spacial score (nSPS) is 13.1. The third-order valence-corrected chi connectivity index (χ3v) is 7.44. The minimum atomic E-state index is -4.73. The molecule has 46 heavy (non-hydrogen) atoms. The third-order valence-electron chi connectivity index (χ3n) is 6.05. The van der Waals surface area contributed by atoms with Gasteiger partial charge in [0.2, 0.25) is 5.28 Å². The summed E-state index contributed by atoms with van der Waals surface area (Å²) < 4.78 is 78.8. The van der Waals surface area contributed by atoms with Crippen LogP contribution >= 0.6 is 0 Å². The number of sulfonamides is 1. The molecule has 1 unspecified atom stereocenters. The average molecular weight is 671 g/mol. The number of amides is 1. The molecule has 1 heterocycles. The van der Waals surface area contributed by atoms with E-state index in [2.05, 4.69) is 15.1 Å². The van der Waals surface area contributed by atoms with Gasteiger partial charge in [-0.3, -0.25) is 9.63 Å². The van der Waals surface area contributed by atoms with Gasteiger partial charge in [0, 0.05) is 12.5 Å². The van der Waals surface area contributed by atoms with E-state index < -0.39 is 52.3 Å². The van der Waals surface area contributed by atoms with Crippen LogP contribution in [0.25, 0.3) is 16.9 Å². The van der Waals surface area contributed by atoms with Crippen LogP contribution in [0.1, 0.15) is 45.9 Å². The van der Waals surface area contributed by atoms with Crippen LogP contribution in [0, 0.1) is 12.1 Å². The fourth-order valence-electron chi connectivity index (χ4n) is 3.80. The van der Waals surface area contributed by atoms with Crippen LogP contribution < -0.4 is 4.72 Å². The molecule has 0 aliphatic heterocycles. The van der Waals surface area contributed by atoms with Gasteiger partial charge >= 0.3 is 12.3 Å². The van der Waals surface area contributed by atoms with Gasteiger partial charge in [0.15, 0.2) is 12.2 Å². The van der Waals surface area contributed by atoms with Crippen LogP contribution in [0.5, 0.6) is 0 Å². The first-order valence-corrected chi connectivity index (χ1v) is 15.2. The number of hydrogen-bond donors (Lipinski definition) is 1. The largest absolute Gasteiger partial charge is 0.569 e. The van der Waals surface area contributed by atoms with E-state index in [0.29, 0.717) is 5.56 Å². The summed E-state index contributed by atoms with van der Waals surface area (Å²) in [6, 6.07) is 12.3. The van der Waals surface area contributed by atoms with Gasteiger partial charge in [-0.25, -0.2) is 22.6 Å². The van der Waals surface area contributed by atoms with Crippen molar-refractivity contribution in [3.63, 3.8) is 0 Å². The molecule has 1 atom stereocenters. The van der Waals surface area contributed by atoms with Gasteiger partial charge in [0.25, 0.3) is 22.2 Å². The van der Waals surface area contributed by atoms with E-state index in [9.17, 15) is 36.4 Å². The molecule has 1 amide bonds. The molecular formula is C28H33F3N6O8S. The Morgan fingerprint density at radius 1 is 1.11 bits per heavy atom. The van der Waals surface area contributed by atoms with E-state index in [4.69, 9.17) is 9.57 Å². The molecular weight excluding hydrogens is 637 g/mol. The zero-order valence-corrected chi connectivity index (χ0v) is 26.5. The van der Waals surface area contributed by atoms with Crippen molar-refractivity contribution in [1.29, 1.82) is 0 Å². The molecule has 1 N–H and O–H groups in total. The Labute approximate surface area is 262 Å². The van der Waals surface area contributed by atoms with Gasteiger partial charge in [0.05, 0.1) is 33.4 Å². The van der Waals surface area contributed by atoms with Crippen molar-refractivity contribution in [3.05, 3.63) is 71.1 Å². The Morgan fingerprint density at radius 3 is 2.26 bits per heavy atom. The highest BCUT2D eigenvalue weighted by atomic mass is 32.2. The Bertz CT molecular complexity index is 1670. The zero-order valence-electron chi connectivity index (χ0n) is 25.7. The van der Waals surface area contributed by atoms with Gasteiger partial charge in [0.1, 0.15) is 0 Å². The number of ether oxygens (including phenoxy) is 2. The molecule has 0 aliphatic rings. The van der Waals surface area contributed by atoms with Crippen molar-refractivity contribution in [2.45, 2.75) is 64.4 Å². The third kappa shape index (κ3) is 9.32. The summed E-state index contributed by atoms with van der Waals surface area (Å²) in [4.78, 5) is 28.5. The Balaban J connectivity index is 1.79. The molecule has 14 nitrogen and oxygen atoms in total. The molecule has 0 radical (unpaired) electrons. The molecule has 18 heteroatoms. The molecule has 250 valence electrons. The summed E-state index contributed by atoms with van der Waals surface area (Å²) in [5, 5.41) is 20.4. The number of aryl methyl sites for hydroxylation is 1. The molecule has 0 saturated heterocycles. The second kappa shape index (κ2) is 14.1. The van der Waals surface area contributed by atoms with Crippen LogP contribution in [0.2, 0.25) is 0 Å². The zero-order chi connectivity index (χ0) is 34.4. The lowest BCUT2D eigenvalue weighted by Gasteiger charge is -2.29. The Morgan fingerprint density at radius 2 is 1.72 bits per heavy atom. The van der Waals surface area contributed by atoms with E-state index in [1.807, 2.05) is 11.6 Å². The summed E-state index contributed by atoms with van der Waals surface area (Å²) in [6.45, 7) is 8.50. The number of carbonyl (C=O) groups is 2. The Hall–Kier alpha value is -4.87. The second-order valence-electron chi connectivity index (χ2n) is 10.7. The number of hydrazine groups is 1. The van der Waals surface area contributed by atoms with Crippen LogP contribution in [0.4, 0.5) is 18.0 Å². The first-order chi connectivity index (χ1) is 21.3. The SMILES string of the molecule is CCOC(=O)OC(C)O/N=[N+](\[O-])N(CC(=O)NS(=O)(=O)c1ccc(-n2nc(C(F)(F)F)cc2-c2ccc(C)cc2)cc1)C(C)(C)C. The van der Waals surface area contributed by atoms with E-state index in [0.717, 1.165) is 33.5 Å². The predicted octanol–water partition coefficient (Wildman–Crippen LogP) is 5.10. The van der Waals surface area contributed by atoms with Crippen molar-refractivity contribution in [1.82, 2.24) is 19.5 Å². The molecule has 0 aliphatic carbocycles. The highest BCUT2D eigenvalue weighted by Gasteiger charge is 2.36. The topological polar surface area (TPSA) is 167 Å². The number of carbonyl (C=O) groups excluding carboxylic acids is 2. The average Bonchev–Trinajstić information content (AvgIpc) is 3.41. The predicted molar refractivity (Wildman–Crippen MR) is 155 cm³/mol. The summed E-state index contributed by atoms with van der Waals surface area (Å²) >= 11 is 0. The molecule has 1 aromatic heterocycles. The number of aromatic nitrogens is 2. The van der Waals surface area contributed by atoms with Gasteiger partial charge < -0.3 is 14.7 Å². The first-order valence-electron chi connectivity index (χ1n) is 13.7. The minimum absolute atomic E-state index is 0.0401. The van der Waals surface area contributed by atoms with E-state index in [1.165, 1.54) is 39.8 Å². The maximum atomic E-state index is 13.5. The summed E-state index contributed by atoms with van der Waals surface area (Å²) in [6.07, 6.45) is -7.12.